The van der Waals surface area contributed by atoms with Crippen molar-refractivity contribution in [1.29, 1.82) is 0 Å². The van der Waals surface area contributed by atoms with E-state index in [2.05, 4.69) is 14.9 Å². The molecule has 6 nitrogen and oxygen atoms in total. The van der Waals surface area contributed by atoms with Gasteiger partial charge in [0, 0.05) is 50.3 Å². The Labute approximate surface area is 154 Å². The Kier molecular flexibility index (Phi) is 4.77. The van der Waals surface area contributed by atoms with Crippen LogP contribution in [-0.4, -0.2) is 53.5 Å². The van der Waals surface area contributed by atoms with Gasteiger partial charge in [0.15, 0.2) is 9.84 Å². The Morgan fingerprint density at radius 1 is 1.12 bits per heavy atom. The highest BCUT2D eigenvalue weighted by molar-refractivity contribution is 7.93. The Balaban J connectivity index is 1.37. The third kappa shape index (κ3) is 3.26. The van der Waals surface area contributed by atoms with E-state index in [0.29, 0.717) is 32.7 Å². The summed E-state index contributed by atoms with van der Waals surface area (Å²) in [6.45, 7) is 2.91. The first-order chi connectivity index (χ1) is 12.6. The number of pyridine rings is 2. The minimum atomic E-state index is -3.07. The summed E-state index contributed by atoms with van der Waals surface area (Å²) in [7, 11) is -3.07. The fourth-order valence-electron chi connectivity index (χ4n) is 4.08. The van der Waals surface area contributed by atoms with Crippen LogP contribution in [0.1, 0.15) is 17.5 Å². The van der Waals surface area contributed by atoms with Crippen molar-refractivity contribution in [1.82, 2.24) is 14.9 Å². The molecule has 0 bridgehead atoms. The van der Waals surface area contributed by atoms with Crippen molar-refractivity contribution < 1.29 is 13.2 Å². The highest BCUT2D eigenvalue weighted by Crippen LogP contribution is 2.45. The van der Waals surface area contributed by atoms with E-state index in [1.807, 2.05) is 30.5 Å². The van der Waals surface area contributed by atoms with Gasteiger partial charge < -0.3 is 4.74 Å². The standard InChI is InChI=1S/C19H23N3O3S/c23-26(24)9-5-18(13-25-12-16-3-7-20-8-4-16)19(26)14-22(15-19)11-17-2-1-6-21-10-17/h1-4,6-8,10,18H,5,9,11-15H2. The molecule has 1 atom stereocenters. The van der Waals surface area contributed by atoms with Gasteiger partial charge in [-0.25, -0.2) is 8.42 Å². The molecule has 2 aliphatic heterocycles. The number of likely N-dealkylation sites (tertiary alicyclic amines) is 1. The molecule has 2 aromatic heterocycles. The normalized spacial score (nSPS) is 23.8. The van der Waals surface area contributed by atoms with Crippen LogP contribution in [0.5, 0.6) is 0 Å². The van der Waals surface area contributed by atoms with E-state index in [1.165, 1.54) is 0 Å². The molecular formula is C19H23N3O3S. The Morgan fingerprint density at radius 2 is 1.92 bits per heavy atom. The maximum atomic E-state index is 12.7. The molecule has 2 fully saturated rings. The smallest absolute Gasteiger partial charge is 0.158 e. The minimum Gasteiger partial charge on any atom is -0.376 e. The lowest BCUT2D eigenvalue weighted by Crippen LogP contribution is -2.67. The number of sulfone groups is 1. The lowest BCUT2D eigenvalue weighted by molar-refractivity contribution is 0.0200. The van der Waals surface area contributed by atoms with Crippen LogP contribution in [0.15, 0.2) is 49.1 Å². The van der Waals surface area contributed by atoms with Crippen molar-refractivity contribution in [2.75, 3.05) is 25.4 Å². The molecule has 0 amide bonds. The number of ether oxygens (including phenoxy) is 1. The summed E-state index contributed by atoms with van der Waals surface area (Å²) in [6.07, 6.45) is 7.76. The number of hydrogen-bond donors (Lipinski definition) is 0. The van der Waals surface area contributed by atoms with E-state index in [-0.39, 0.29) is 11.7 Å². The van der Waals surface area contributed by atoms with Crippen LogP contribution in [0.3, 0.4) is 0 Å². The summed E-state index contributed by atoms with van der Waals surface area (Å²) in [5.41, 5.74) is 2.17. The van der Waals surface area contributed by atoms with Crippen molar-refractivity contribution in [2.45, 2.75) is 24.3 Å². The Bertz CT molecular complexity index is 837. The van der Waals surface area contributed by atoms with Gasteiger partial charge >= 0.3 is 0 Å². The second kappa shape index (κ2) is 7.06. The average molecular weight is 373 g/mol. The molecule has 0 saturated carbocycles. The summed E-state index contributed by atoms with van der Waals surface area (Å²) < 4.78 is 30.6. The molecular weight excluding hydrogens is 350 g/mol. The van der Waals surface area contributed by atoms with Crippen molar-refractivity contribution in [3.63, 3.8) is 0 Å². The van der Waals surface area contributed by atoms with Crippen molar-refractivity contribution in [3.8, 4) is 0 Å². The predicted octanol–water partition coefficient (Wildman–Crippen LogP) is 1.68. The van der Waals surface area contributed by atoms with E-state index < -0.39 is 14.6 Å². The summed E-state index contributed by atoms with van der Waals surface area (Å²) in [6, 6.07) is 7.77. The second-order valence-electron chi connectivity index (χ2n) is 7.25. The number of rotatable bonds is 6. The third-order valence-corrected chi connectivity index (χ3v) is 8.15. The highest BCUT2D eigenvalue weighted by atomic mass is 32.2. The van der Waals surface area contributed by atoms with E-state index in [1.54, 1.807) is 18.6 Å². The van der Waals surface area contributed by atoms with Gasteiger partial charge in [0.2, 0.25) is 0 Å². The molecule has 2 aromatic rings. The Morgan fingerprint density at radius 3 is 2.65 bits per heavy atom. The summed E-state index contributed by atoms with van der Waals surface area (Å²) in [4.78, 5) is 10.3. The summed E-state index contributed by atoms with van der Waals surface area (Å²) >= 11 is 0. The van der Waals surface area contributed by atoms with E-state index in [4.69, 9.17) is 4.74 Å². The fourth-order valence-corrected chi connectivity index (χ4v) is 6.53. The van der Waals surface area contributed by atoms with Crippen LogP contribution in [0.2, 0.25) is 0 Å². The zero-order valence-corrected chi connectivity index (χ0v) is 15.4. The largest absolute Gasteiger partial charge is 0.376 e. The quantitative estimate of drug-likeness (QED) is 0.767. The zero-order chi connectivity index (χ0) is 18.0. The first-order valence-corrected chi connectivity index (χ1v) is 10.5. The van der Waals surface area contributed by atoms with Gasteiger partial charge in [-0.15, -0.1) is 0 Å². The van der Waals surface area contributed by atoms with Gasteiger partial charge in [-0.05, 0) is 35.7 Å². The molecule has 0 aromatic carbocycles. The van der Waals surface area contributed by atoms with Crippen molar-refractivity contribution in [2.24, 2.45) is 5.92 Å². The van der Waals surface area contributed by atoms with E-state index in [9.17, 15) is 8.42 Å². The molecule has 4 heterocycles. The topological polar surface area (TPSA) is 72.4 Å². The molecule has 0 radical (unpaired) electrons. The van der Waals surface area contributed by atoms with Crippen LogP contribution in [-0.2, 0) is 27.7 Å². The molecule has 1 spiro atoms. The van der Waals surface area contributed by atoms with Gasteiger partial charge in [-0.3, -0.25) is 14.9 Å². The van der Waals surface area contributed by atoms with Crippen molar-refractivity contribution >= 4 is 9.84 Å². The molecule has 0 N–H and O–H groups in total. The molecule has 4 rings (SSSR count). The summed E-state index contributed by atoms with van der Waals surface area (Å²) in [5, 5.41) is 0. The SMILES string of the molecule is O=S1(=O)CCC(COCc2ccncc2)C12CN(Cc1cccnc1)C2. The van der Waals surface area contributed by atoms with Gasteiger partial charge in [0.25, 0.3) is 0 Å². The van der Waals surface area contributed by atoms with Gasteiger partial charge in [0.1, 0.15) is 4.75 Å². The highest BCUT2D eigenvalue weighted by Gasteiger charge is 2.61. The molecule has 2 aliphatic rings. The van der Waals surface area contributed by atoms with Crippen molar-refractivity contribution in [3.05, 3.63) is 60.2 Å². The van der Waals surface area contributed by atoms with Crippen LogP contribution in [0.4, 0.5) is 0 Å². The molecule has 0 aliphatic carbocycles. The average Bonchev–Trinajstić information content (AvgIpc) is 2.88. The third-order valence-electron chi connectivity index (χ3n) is 5.55. The molecule has 7 heteroatoms. The van der Waals surface area contributed by atoms with E-state index >= 15 is 0 Å². The molecule has 26 heavy (non-hydrogen) atoms. The number of aromatic nitrogens is 2. The lowest BCUT2D eigenvalue weighted by atomic mass is 9.83. The first-order valence-electron chi connectivity index (χ1n) is 8.89. The van der Waals surface area contributed by atoms with Crippen LogP contribution in [0, 0.1) is 5.92 Å². The molecule has 1 unspecified atom stereocenters. The van der Waals surface area contributed by atoms with Gasteiger partial charge in [-0.2, -0.15) is 0 Å². The van der Waals surface area contributed by atoms with Crippen LogP contribution < -0.4 is 0 Å². The minimum absolute atomic E-state index is 0.0690. The summed E-state index contributed by atoms with van der Waals surface area (Å²) in [5.74, 6) is 0.344. The first kappa shape index (κ1) is 17.6. The molecule has 138 valence electrons. The van der Waals surface area contributed by atoms with E-state index in [0.717, 1.165) is 17.7 Å². The monoisotopic (exact) mass is 373 g/mol. The van der Waals surface area contributed by atoms with Gasteiger partial charge in [0.05, 0.1) is 19.0 Å². The zero-order valence-electron chi connectivity index (χ0n) is 14.6. The Hall–Kier alpha value is -1.83. The molecule has 2 saturated heterocycles. The fraction of sp³-hybridized carbons (Fsp3) is 0.474. The maximum absolute atomic E-state index is 12.7. The second-order valence-corrected chi connectivity index (χ2v) is 9.70. The van der Waals surface area contributed by atoms with Gasteiger partial charge in [-0.1, -0.05) is 6.07 Å². The maximum Gasteiger partial charge on any atom is 0.158 e. The predicted molar refractivity (Wildman–Crippen MR) is 98.0 cm³/mol. The number of hydrogen-bond acceptors (Lipinski definition) is 6. The number of nitrogens with zero attached hydrogens (tertiary/aromatic N) is 3. The lowest BCUT2D eigenvalue weighted by Gasteiger charge is -2.50. The van der Waals surface area contributed by atoms with Crippen LogP contribution >= 0.6 is 0 Å². The van der Waals surface area contributed by atoms with Crippen LogP contribution in [0.25, 0.3) is 0 Å².